The first-order valence-corrected chi connectivity index (χ1v) is 6.11. The number of aliphatic hydroxyl groups is 1. The molecule has 0 saturated carbocycles. The van der Waals surface area contributed by atoms with Crippen LogP contribution in [0.3, 0.4) is 0 Å². The van der Waals surface area contributed by atoms with E-state index in [2.05, 4.69) is 4.98 Å². The van der Waals surface area contributed by atoms with E-state index in [0.29, 0.717) is 16.9 Å². The van der Waals surface area contributed by atoms with E-state index in [0.717, 1.165) is 0 Å². The lowest BCUT2D eigenvalue weighted by Gasteiger charge is -2.04. The second-order valence-electron chi connectivity index (χ2n) is 4.37. The second-order valence-corrected chi connectivity index (χ2v) is 4.37. The fraction of sp³-hybridized carbons (Fsp3) is 0.0667. The molecule has 20 heavy (non-hydrogen) atoms. The first-order valence-electron chi connectivity index (χ1n) is 6.11. The predicted molar refractivity (Wildman–Crippen MR) is 72.7 cm³/mol. The van der Waals surface area contributed by atoms with E-state index in [1.807, 2.05) is 0 Å². The highest BCUT2D eigenvalue weighted by atomic mass is 16.3. The van der Waals surface area contributed by atoms with Crippen LogP contribution in [-0.2, 0) is 6.61 Å². The van der Waals surface area contributed by atoms with Crippen LogP contribution in [-0.4, -0.2) is 25.4 Å². The SMILES string of the molecule is O=C(c1ccccc1O)c1cnc2c(CO)cccn12. The van der Waals surface area contributed by atoms with E-state index in [4.69, 9.17) is 0 Å². The molecule has 0 atom stereocenters. The number of aromatic nitrogens is 2. The van der Waals surface area contributed by atoms with Crippen molar-refractivity contribution in [2.45, 2.75) is 6.61 Å². The summed E-state index contributed by atoms with van der Waals surface area (Å²) < 4.78 is 1.61. The van der Waals surface area contributed by atoms with Gasteiger partial charge in [0.15, 0.2) is 0 Å². The summed E-state index contributed by atoms with van der Waals surface area (Å²) in [4.78, 5) is 16.6. The van der Waals surface area contributed by atoms with Gasteiger partial charge >= 0.3 is 0 Å². The van der Waals surface area contributed by atoms with E-state index in [9.17, 15) is 15.0 Å². The lowest BCUT2D eigenvalue weighted by atomic mass is 10.1. The molecule has 0 aliphatic carbocycles. The van der Waals surface area contributed by atoms with Crippen molar-refractivity contribution in [2.24, 2.45) is 0 Å². The van der Waals surface area contributed by atoms with Crippen molar-refractivity contribution in [3.63, 3.8) is 0 Å². The number of hydrogen-bond donors (Lipinski definition) is 2. The van der Waals surface area contributed by atoms with Crippen LogP contribution in [0.2, 0.25) is 0 Å². The summed E-state index contributed by atoms with van der Waals surface area (Å²) in [6.45, 7) is -0.147. The van der Waals surface area contributed by atoms with Crippen LogP contribution in [0.4, 0.5) is 0 Å². The van der Waals surface area contributed by atoms with Crippen molar-refractivity contribution >= 4 is 11.4 Å². The predicted octanol–water partition coefficient (Wildman–Crippen LogP) is 1.76. The molecule has 0 unspecified atom stereocenters. The number of para-hydroxylation sites is 1. The third-order valence-electron chi connectivity index (χ3n) is 3.17. The summed E-state index contributed by atoms with van der Waals surface area (Å²) in [5.74, 6) is -0.378. The van der Waals surface area contributed by atoms with Gasteiger partial charge in [0, 0.05) is 11.8 Å². The van der Waals surface area contributed by atoms with Crippen LogP contribution in [0.25, 0.3) is 5.65 Å². The van der Waals surface area contributed by atoms with Crippen LogP contribution in [0, 0.1) is 0 Å². The molecule has 0 spiro atoms. The largest absolute Gasteiger partial charge is 0.507 e. The summed E-state index contributed by atoms with van der Waals surface area (Å²) in [7, 11) is 0. The standard InChI is InChI=1S/C15H12N2O3/c18-9-10-4-3-7-17-12(8-16-15(10)17)14(20)11-5-1-2-6-13(11)19/h1-8,18-19H,9H2. The maximum Gasteiger partial charge on any atom is 0.215 e. The molecular formula is C15H12N2O3. The molecule has 0 radical (unpaired) electrons. The van der Waals surface area contributed by atoms with E-state index >= 15 is 0 Å². The first-order chi connectivity index (χ1) is 9.72. The molecule has 0 amide bonds. The number of carbonyl (C=O) groups is 1. The van der Waals surface area contributed by atoms with E-state index < -0.39 is 0 Å². The molecule has 100 valence electrons. The smallest absolute Gasteiger partial charge is 0.215 e. The lowest BCUT2D eigenvalue weighted by molar-refractivity contribution is 0.103. The molecule has 0 bridgehead atoms. The van der Waals surface area contributed by atoms with Crippen molar-refractivity contribution in [2.75, 3.05) is 0 Å². The highest BCUT2D eigenvalue weighted by Crippen LogP contribution is 2.21. The quantitative estimate of drug-likeness (QED) is 0.710. The topological polar surface area (TPSA) is 74.8 Å². The fourth-order valence-corrected chi connectivity index (χ4v) is 2.16. The van der Waals surface area contributed by atoms with Gasteiger partial charge in [0.05, 0.1) is 18.4 Å². The van der Waals surface area contributed by atoms with Crippen LogP contribution < -0.4 is 0 Å². The molecule has 3 aromatic rings. The third kappa shape index (κ3) is 1.85. The first kappa shape index (κ1) is 12.4. The normalized spacial score (nSPS) is 10.8. The van der Waals surface area contributed by atoms with Gasteiger partial charge in [-0.05, 0) is 18.2 Å². The number of aromatic hydroxyl groups is 1. The lowest BCUT2D eigenvalue weighted by Crippen LogP contribution is -2.05. The summed E-state index contributed by atoms with van der Waals surface area (Å²) >= 11 is 0. The molecule has 3 rings (SSSR count). The number of carbonyl (C=O) groups excluding carboxylic acids is 1. The van der Waals surface area contributed by atoms with Crippen LogP contribution in [0.5, 0.6) is 5.75 Å². The number of pyridine rings is 1. The Morgan fingerprint density at radius 1 is 1.20 bits per heavy atom. The number of nitrogens with zero attached hydrogens (tertiary/aromatic N) is 2. The van der Waals surface area contributed by atoms with Crippen molar-refractivity contribution in [3.8, 4) is 5.75 Å². The Bertz CT molecular complexity index is 793. The molecule has 0 fully saturated rings. The van der Waals surface area contributed by atoms with E-state index in [-0.39, 0.29) is 23.7 Å². The van der Waals surface area contributed by atoms with Crippen LogP contribution in [0.15, 0.2) is 48.8 Å². The Labute approximate surface area is 114 Å². The number of hydrogen-bond acceptors (Lipinski definition) is 4. The average molecular weight is 268 g/mol. The van der Waals surface area contributed by atoms with Gasteiger partial charge in [0.1, 0.15) is 17.1 Å². The number of phenols is 1. The fourth-order valence-electron chi connectivity index (χ4n) is 2.16. The Morgan fingerprint density at radius 3 is 2.75 bits per heavy atom. The molecular weight excluding hydrogens is 256 g/mol. The molecule has 0 aliphatic heterocycles. The Hall–Kier alpha value is -2.66. The van der Waals surface area contributed by atoms with Gasteiger partial charge in [-0.3, -0.25) is 9.20 Å². The van der Waals surface area contributed by atoms with Gasteiger partial charge in [0.25, 0.3) is 0 Å². The number of ketones is 1. The van der Waals surface area contributed by atoms with Crippen molar-refractivity contribution < 1.29 is 15.0 Å². The second kappa shape index (κ2) is 4.79. The Balaban J connectivity index is 2.16. The van der Waals surface area contributed by atoms with Crippen LogP contribution in [0.1, 0.15) is 21.6 Å². The number of fused-ring (bicyclic) bond motifs is 1. The van der Waals surface area contributed by atoms with E-state index in [1.54, 1.807) is 40.9 Å². The number of phenolic OH excluding ortho intramolecular Hbond substituents is 1. The Kier molecular flexibility index (Phi) is 2.96. The zero-order valence-electron chi connectivity index (χ0n) is 10.5. The highest BCUT2D eigenvalue weighted by molar-refractivity contribution is 6.09. The maximum atomic E-state index is 12.5. The minimum atomic E-state index is -0.314. The molecule has 1 aromatic carbocycles. The van der Waals surface area contributed by atoms with Gasteiger partial charge in [-0.2, -0.15) is 0 Å². The number of aliphatic hydroxyl groups excluding tert-OH is 1. The molecule has 2 aromatic heterocycles. The average Bonchev–Trinajstić information content (AvgIpc) is 2.91. The molecule has 5 heteroatoms. The van der Waals surface area contributed by atoms with Crippen LogP contribution >= 0.6 is 0 Å². The van der Waals surface area contributed by atoms with E-state index in [1.165, 1.54) is 12.3 Å². The van der Waals surface area contributed by atoms with Gasteiger partial charge in [0.2, 0.25) is 5.78 Å². The van der Waals surface area contributed by atoms with Gasteiger partial charge in [-0.15, -0.1) is 0 Å². The maximum absolute atomic E-state index is 12.5. The van der Waals surface area contributed by atoms with Gasteiger partial charge in [-0.1, -0.05) is 18.2 Å². The third-order valence-corrected chi connectivity index (χ3v) is 3.17. The number of benzene rings is 1. The highest BCUT2D eigenvalue weighted by Gasteiger charge is 2.18. The molecule has 0 aliphatic rings. The summed E-state index contributed by atoms with van der Waals surface area (Å²) in [6, 6.07) is 9.86. The van der Waals surface area contributed by atoms with Gasteiger partial charge in [-0.25, -0.2) is 4.98 Å². The minimum Gasteiger partial charge on any atom is -0.507 e. The molecule has 5 nitrogen and oxygen atoms in total. The number of rotatable bonds is 3. The monoisotopic (exact) mass is 268 g/mol. The van der Waals surface area contributed by atoms with Gasteiger partial charge < -0.3 is 10.2 Å². The van der Waals surface area contributed by atoms with Crippen molar-refractivity contribution in [1.82, 2.24) is 9.38 Å². The number of imidazole rings is 1. The molecule has 2 heterocycles. The van der Waals surface area contributed by atoms with Crippen molar-refractivity contribution in [1.29, 1.82) is 0 Å². The van der Waals surface area contributed by atoms with Crippen molar-refractivity contribution in [3.05, 3.63) is 65.6 Å². The molecule has 2 N–H and O–H groups in total. The summed E-state index contributed by atoms with van der Waals surface area (Å²) in [5, 5.41) is 19.0. The zero-order valence-corrected chi connectivity index (χ0v) is 10.5. The summed E-state index contributed by atoms with van der Waals surface area (Å²) in [6.07, 6.45) is 3.15. The summed E-state index contributed by atoms with van der Waals surface area (Å²) in [5.41, 5.74) is 1.75. The molecule has 0 saturated heterocycles. The Morgan fingerprint density at radius 2 is 2.00 bits per heavy atom. The zero-order chi connectivity index (χ0) is 14.1. The minimum absolute atomic E-state index is 0.0641.